The molecule has 5 amide bonds. The number of carbonyl (C=O) groups excluding carboxylic acids is 4. The molecule has 0 aromatic carbocycles. The Bertz CT molecular complexity index is 1420. The normalized spacial score (nSPS) is 18.9. The fourth-order valence-electron chi connectivity index (χ4n) is 5.82. The number of rotatable bonds is 15. The molecule has 16 heteroatoms. The molecule has 0 bridgehead atoms. The van der Waals surface area contributed by atoms with Crippen LogP contribution in [0.4, 0.5) is 13.6 Å². The van der Waals surface area contributed by atoms with Gasteiger partial charge in [0.05, 0.1) is 6.26 Å². The summed E-state index contributed by atoms with van der Waals surface area (Å²) in [7, 11) is -2.12. The van der Waals surface area contributed by atoms with Crippen LogP contribution in [-0.4, -0.2) is 110 Å². The van der Waals surface area contributed by atoms with E-state index >= 15 is 0 Å². The van der Waals surface area contributed by atoms with Gasteiger partial charge in [-0.25, -0.2) is 26.3 Å². The van der Waals surface area contributed by atoms with Crippen LogP contribution >= 0.6 is 0 Å². The molecule has 0 saturated carbocycles. The molecule has 2 heterocycles. The first kappa shape index (κ1) is 42.8. The molecule has 5 atom stereocenters. The third kappa shape index (κ3) is 12.7. The standard InChI is InChI=1S/C34H57F2N7O6S/c1-21(2)23-15-18-43(27(23)30(45)39-24(19-26(35)36)29(44)38-17-14-22-13-11-12-16-37-22)31(46)28(34(6,7)8)41-32(47)40-25(33(3,4)5)20-42(9)50(10,48)49/h11-13,16,21,23-28H,14-15,17-20H2,1-10H3,(H,38,44)(H,39,45)(H2,40,41,47)/t23-,24+,25-,27+,28-/m1/s1. The van der Waals surface area contributed by atoms with Crippen molar-refractivity contribution in [1.29, 1.82) is 0 Å². The van der Waals surface area contributed by atoms with Crippen molar-refractivity contribution in [1.82, 2.24) is 35.5 Å². The van der Waals surface area contributed by atoms with Gasteiger partial charge in [0.2, 0.25) is 34.2 Å². The lowest BCUT2D eigenvalue weighted by Crippen LogP contribution is -2.62. The molecular formula is C34H57F2N7O6S. The minimum Gasteiger partial charge on any atom is -0.354 e. The average molecular weight is 730 g/mol. The lowest BCUT2D eigenvalue weighted by Gasteiger charge is -2.38. The average Bonchev–Trinajstić information content (AvgIpc) is 3.43. The van der Waals surface area contributed by atoms with Gasteiger partial charge < -0.3 is 26.2 Å². The van der Waals surface area contributed by atoms with Gasteiger partial charge in [-0.15, -0.1) is 0 Å². The smallest absolute Gasteiger partial charge is 0.315 e. The summed E-state index contributed by atoms with van der Waals surface area (Å²) in [5, 5.41) is 10.7. The van der Waals surface area contributed by atoms with E-state index in [1.807, 2.05) is 34.6 Å². The van der Waals surface area contributed by atoms with Crippen LogP contribution in [0.15, 0.2) is 24.4 Å². The van der Waals surface area contributed by atoms with Crippen molar-refractivity contribution < 1.29 is 36.4 Å². The Hall–Kier alpha value is -3.40. The summed E-state index contributed by atoms with van der Waals surface area (Å²) >= 11 is 0. The molecule has 2 rings (SSSR count). The summed E-state index contributed by atoms with van der Waals surface area (Å²) in [6.07, 6.45) is -0.311. The number of likely N-dealkylation sites (N-methyl/N-ethyl adjacent to an activating group) is 1. The number of pyridine rings is 1. The van der Waals surface area contributed by atoms with E-state index in [1.54, 1.807) is 45.2 Å². The maximum absolute atomic E-state index is 14.3. The van der Waals surface area contributed by atoms with E-state index in [1.165, 1.54) is 11.9 Å². The number of aromatic nitrogens is 1. The Morgan fingerprint density at radius 3 is 2.16 bits per heavy atom. The first-order chi connectivity index (χ1) is 22.9. The third-order valence-electron chi connectivity index (χ3n) is 9.05. The van der Waals surface area contributed by atoms with Gasteiger partial charge in [-0.05, 0) is 41.2 Å². The van der Waals surface area contributed by atoms with E-state index in [9.17, 15) is 36.4 Å². The number of alkyl halides is 2. The number of sulfonamides is 1. The zero-order valence-electron chi connectivity index (χ0n) is 31.0. The van der Waals surface area contributed by atoms with Crippen LogP contribution in [0.5, 0.6) is 0 Å². The van der Waals surface area contributed by atoms with Crippen LogP contribution < -0.4 is 21.3 Å². The zero-order valence-corrected chi connectivity index (χ0v) is 31.9. The highest BCUT2D eigenvalue weighted by Crippen LogP contribution is 2.33. The van der Waals surface area contributed by atoms with Gasteiger partial charge in [-0.2, -0.15) is 0 Å². The predicted molar refractivity (Wildman–Crippen MR) is 188 cm³/mol. The second-order valence-electron chi connectivity index (χ2n) is 15.6. The maximum atomic E-state index is 14.3. The molecule has 1 fully saturated rings. The van der Waals surface area contributed by atoms with Gasteiger partial charge in [-0.3, -0.25) is 19.4 Å². The van der Waals surface area contributed by atoms with E-state index in [-0.39, 0.29) is 31.5 Å². The van der Waals surface area contributed by atoms with Crippen LogP contribution in [0.3, 0.4) is 0 Å². The lowest BCUT2D eigenvalue weighted by atomic mass is 9.84. The first-order valence-electron chi connectivity index (χ1n) is 17.0. The molecule has 50 heavy (non-hydrogen) atoms. The number of nitrogens with one attached hydrogen (secondary N) is 4. The highest BCUT2D eigenvalue weighted by Gasteiger charge is 2.48. The largest absolute Gasteiger partial charge is 0.354 e. The molecule has 13 nitrogen and oxygen atoms in total. The number of hydrogen-bond donors (Lipinski definition) is 4. The fraction of sp³-hybridized carbons (Fsp3) is 0.735. The molecule has 0 radical (unpaired) electrons. The van der Waals surface area contributed by atoms with Crippen LogP contribution in [-0.2, 0) is 30.8 Å². The molecule has 0 aliphatic carbocycles. The molecule has 0 unspecified atom stereocenters. The van der Waals surface area contributed by atoms with E-state index in [0.717, 1.165) is 10.6 Å². The number of nitrogens with zero attached hydrogens (tertiary/aromatic N) is 3. The number of halogens is 2. The van der Waals surface area contributed by atoms with Crippen molar-refractivity contribution in [2.24, 2.45) is 22.7 Å². The Morgan fingerprint density at radius 2 is 1.66 bits per heavy atom. The van der Waals surface area contributed by atoms with E-state index in [0.29, 0.717) is 18.5 Å². The summed E-state index contributed by atoms with van der Waals surface area (Å²) in [6.45, 7) is 14.9. The Morgan fingerprint density at radius 1 is 1.02 bits per heavy atom. The minimum atomic E-state index is -3.54. The highest BCUT2D eigenvalue weighted by atomic mass is 32.2. The summed E-state index contributed by atoms with van der Waals surface area (Å²) in [5.74, 6) is -2.46. The minimum absolute atomic E-state index is 0.00910. The molecule has 1 aromatic heterocycles. The number of carbonyl (C=O) groups is 4. The number of urea groups is 1. The fourth-order valence-corrected chi connectivity index (χ4v) is 6.24. The molecule has 1 aliphatic heterocycles. The van der Waals surface area contributed by atoms with Crippen LogP contribution in [0.2, 0.25) is 0 Å². The highest BCUT2D eigenvalue weighted by molar-refractivity contribution is 7.88. The topological polar surface area (TPSA) is 170 Å². The molecular weight excluding hydrogens is 672 g/mol. The molecule has 0 spiro atoms. The third-order valence-corrected chi connectivity index (χ3v) is 10.3. The van der Waals surface area contributed by atoms with Gasteiger partial charge in [-0.1, -0.05) is 61.5 Å². The number of amides is 5. The van der Waals surface area contributed by atoms with E-state index in [2.05, 4.69) is 26.3 Å². The van der Waals surface area contributed by atoms with E-state index < -0.39 is 81.6 Å². The van der Waals surface area contributed by atoms with Gasteiger partial charge in [0.1, 0.15) is 18.1 Å². The summed E-state index contributed by atoms with van der Waals surface area (Å²) in [6, 6.07) is 0.242. The molecule has 4 N–H and O–H groups in total. The zero-order chi connectivity index (χ0) is 38.2. The molecule has 1 aliphatic rings. The van der Waals surface area contributed by atoms with E-state index in [4.69, 9.17) is 0 Å². The second-order valence-corrected chi connectivity index (χ2v) is 17.7. The van der Waals surface area contributed by atoms with Crippen LogP contribution in [0.1, 0.15) is 73.9 Å². The Kier molecular flexibility index (Phi) is 15.1. The quantitative estimate of drug-likeness (QED) is 0.215. The van der Waals surface area contributed by atoms with Gasteiger partial charge in [0.15, 0.2) is 0 Å². The van der Waals surface area contributed by atoms with Crippen LogP contribution in [0, 0.1) is 22.7 Å². The summed E-state index contributed by atoms with van der Waals surface area (Å²) < 4.78 is 52.6. The Labute approximate surface area is 296 Å². The molecule has 1 aromatic rings. The van der Waals surface area contributed by atoms with Gasteiger partial charge in [0, 0.05) is 57.5 Å². The SMILES string of the molecule is CC(C)[C@H]1CCN(C(=O)[C@@H](NC(=O)N[C@H](CN(C)S(C)(=O)=O)C(C)(C)C)C(C)(C)C)[C@@H]1C(=O)N[C@@H](CC(F)F)C(=O)NCCc1ccccn1. The summed E-state index contributed by atoms with van der Waals surface area (Å²) in [5.41, 5.74) is -0.690. The Balaban J connectivity index is 2.30. The van der Waals surface area contributed by atoms with Crippen LogP contribution in [0.25, 0.3) is 0 Å². The molecule has 284 valence electrons. The monoisotopic (exact) mass is 729 g/mol. The van der Waals surface area contributed by atoms with Crippen molar-refractivity contribution in [3.8, 4) is 0 Å². The van der Waals surface area contributed by atoms with Crippen molar-refractivity contribution in [3.05, 3.63) is 30.1 Å². The van der Waals surface area contributed by atoms with Gasteiger partial charge >= 0.3 is 6.03 Å². The number of likely N-dealkylation sites (tertiary alicyclic amines) is 1. The predicted octanol–water partition coefficient (Wildman–Crippen LogP) is 2.77. The maximum Gasteiger partial charge on any atom is 0.315 e. The summed E-state index contributed by atoms with van der Waals surface area (Å²) in [4.78, 5) is 60.2. The lowest BCUT2D eigenvalue weighted by molar-refractivity contribution is -0.144. The van der Waals surface area contributed by atoms with Crippen molar-refractivity contribution in [3.63, 3.8) is 0 Å². The first-order valence-corrected chi connectivity index (χ1v) is 18.8. The number of hydrogen-bond acceptors (Lipinski definition) is 7. The second kappa shape index (κ2) is 17.7. The molecule has 1 saturated heterocycles. The van der Waals surface area contributed by atoms with Crippen molar-refractivity contribution >= 4 is 33.8 Å². The van der Waals surface area contributed by atoms with Gasteiger partial charge in [0.25, 0.3) is 0 Å². The van der Waals surface area contributed by atoms with Crippen molar-refractivity contribution in [2.75, 3.05) is 32.9 Å². The van der Waals surface area contributed by atoms with Crippen molar-refractivity contribution in [2.45, 2.75) is 105 Å².